The zero-order chi connectivity index (χ0) is 13.8. The highest BCUT2D eigenvalue weighted by molar-refractivity contribution is 7.09. The zero-order valence-corrected chi connectivity index (χ0v) is 12.2. The predicted molar refractivity (Wildman–Crippen MR) is 78.8 cm³/mol. The Balaban J connectivity index is 2.17. The molecule has 0 spiro atoms. The molecule has 2 N–H and O–H groups in total. The lowest BCUT2D eigenvalue weighted by molar-refractivity contribution is 0.329. The van der Waals surface area contributed by atoms with Gasteiger partial charge in [0.1, 0.15) is 5.82 Å². The molecule has 0 saturated carbocycles. The number of nitrogen functional groups attached to an aromatic ring is 1. The second-order valence-electron chi connectivity index (χ2n) is 4.21. The minimum atomic E-state index is 0.493. The fraction of sp³-hybridized carbons (Fsp3) is 0.385. The van der Waals surface area contributed by atoms with Crippen LogP contribution in [0.25, 0.3) is 0 Å². The highest BCUT2D eigenvalue weighted by atomic mass is 32.1. The van der Waals surface area contributed by atoms with Crippen LogP contribution in [0.1, 0.15) is 17.5 Å². The van der Waals surface area contributed by atoms with Crippen LogP contribution in [0.2, 0.25) is 0 Å². The van der Waals surface area contributed by atoms with Crippen molar-refractivity contribution in [3.63, 3.8) is 0 Å². The van der Waals surface area contributed by atoms with E-state index in [0.717, 1.165) is 18.1 Å². The maximum atomic E-state index is 5.82. The lowest BCUT2D eigenvalue weighted by Crippen LogP contribution is -2.18. The van der Waals surface area contributed by atoms with Crippen molar-refractivity contribution < 1.29 is 4.74 Å². The molecule has 5 nitrogen and oxygen atoms in total. The first kappa shape index (κ1) is 13.6. The van der Waals surface area contributed by atoms with Gasteiger partial charge in [0, 0.05) is 11.9 Å². The van der Waals surface area contributed by atoms with E-state index in [0.29, 0.717) is 18.2 Å². The average molecular weight is 278 g/mol. The third kappa shape index (κ3) is 3.14. The maximum Gasteiger partial charge on any atom is 0.239 e. The van der Waals surface area contributed by atoms with Crippen molar-refractivity contribution in [1.29, 1.82) is 0 Å². The van der Waals surface area contributed by atoms with Crippen LogP contribution >= 0.6 is 11.3 Å². The minimum Gasteiger partial charge on any atom is -0.476 e. The monoisotopic (exact) mass is 278 g/mol. The van der Waals surface area contributed by atoms with Crippen molar-refractivity contribution in [2.75, 3.05) is 24.3 Å². The van der Waals surface area contributed by atoms with E-state index in [1.165, 1.54) is 4.88 Å². The molecular weight excluding hydrogens is 260 g/mol. The van der Waals surface area contributed by atoms with Gasteiger partial charge in [-0.15, -0.1) is 11.3 Å². The quantitative estimate of drug-likeness (QED) is 0.910. The Morgan fingerprint density at radius 3 is 2.84 bits per heavy atom. The number of aryl methyl sites for hydroxylation is 1. The summed E-state index contributed by atoms with van der Waals surface area (Å²) in [6, 6.07) is 3.72. The number of nitrogens with two attached hydrogens (primary N) is 1. The summed E-state index contributed by atoms with van der Waals surface area (Å²) < 4.78 is 5.41. The van der Waals surface area contributed by atoms with Gasteiger partial charge >= 0.3 is 0 Å². The number of thiazole rings is 1. The molecule has 2 aromatic rings. The minimum absolute atomic E-state index is 0.493. The molecule has 0 aliphatic heterocycles. The van der Waals surface area contributed by atoms with Crippen LogP contribution in [0.3, 0.4) is 0 Å². The van der Waals surface area contributed by atoms with Crippen molar-refractivity contribution in [3.8, 4) is 5.88 Å². The van der Waals surface area contributed by atoms with E-state index in [-0.39, 0.29) is 0 Å². The molecule has 0 amide bonds. The SMILES string of the molecule is CCOc1nc(N(C)Cc2scnc2C)ccc1N. The molecule has 0 fully saturated rings. The number of anilines is 2. The van der Waals surface area contributed by atoms with Gasteiger partial charge < -0.3 is 15.4 Å². The highest BCUT2D eigenvalue weighted by Gasteiger charge is 2.10. The first-order chi connectivity index (χ1) is 9.11. The summed E-state index contributed by atoms with van der Waals surface area (Å²) in [4.78, 5) is 12.0. The van der Waals surface area contributed by atoms with Crippen molar-refractivity contribution in [2.24, 2.45) is 0 Å². The summed E-state index contributed by atoms with van der Waals surface area (Å²) in [5, 5.41) is 0. The molecule has 6 heteroatoms. The number of rotatable bonds is 5. The standard InChI is InChI=1S/C13H18N4OS/c1-4-18-13-10(14)5-6-12(16-13)17(3)7-11-9(2)15-8-19-11/h5-6,8H,4,7,14H2,1-3H3. The highest BCUT2D eigenvalue weighted by Crippen LogP contribution is 2.24. The molecular formula is C13H18N4OS. The van der Waals surface area contributed by atoms with Crippen LogP contribution in [-0.4, -0.2) is 23.6 Å². The summed E-state index contributed by atoms with van der Waals surface area (Å²) in [5.41, 5.74) is 9.31. The molecule has 0 atom stereocenters. The first-order valence-corrected chi connectivity index (χ1v) is 6.99. The van der Waals surface area contributed by atoms with Gasteiger partial charge in [-0.3, -0.25) is 0 Å². The van der Waals surface area contributed by atoms with Crippen LogP contribution in [-0.2, 0) is 6.54 Å². The van der Waals surface area contributed by atoms with Gasteiger partial charge in [0.05, 0.1) is 30.0 Å². The molecule has 0 unspecified atom stereocenters. The Morgan fingerprint density at radius 1 is 1.42 bits per heavy atom. The molecule has 0 bridgehead atoms. The Hall–Kier alpha value is -1.82. The summed E-state index contributed by atoms with van der Waals surface area (Å²) in [7, 11) is 1.99. The van der Waals surface area contributed by atoms with E-state index in [1.54, 1.807) is 11.3 Å². The van der Waals surface area contributed by atoms with Gasteiger partial charge in [0.25, 0.3) is 0 Å². The molecule has 0 saturated heterocycles. The lowest BCUT2D eigenvalue weighted by Gasteiger charge is -2.18. The first-order valence-electron chi connectivity index (χ1n) is 6.11. The van der Waals surface area contributed by atoms with E-state index in [4.69, 9.17) is 10.5 Å². The van der Waals surface area contributed by atoms with E-state index < -0.39 is 0 Å². The fourth-order valence-electron chi connectivity index (χ4n) is 1.68. The van der Waals surface area contributed by atoms with Crippen molar-refractivity contribution in [1.82, 2.24) is 9.97 Å². The van der Waals surface area contributed by atoms with Gasteiger partial charge in [-0.2, -0.15) is 4.98 Å². The summed E-state index contributed by atoms with van der Waals surface area (Å²) >= 11 is 1.65. The van der Waals surface area contributed by atoms with Gasteiger partial charge in [-0.05, 0) is 26.0 Å². The van der Waals surface area contributed by atoms with Crippen molar-refractivity contribution in [2.45, 2.75) is 20.4 Å². The molecule has 0 aromatic carbocycles. The topological polar surface area (TPSA) is 64.3 Å². The molecule has 19 heavy (non-hydrogen) atoms. The van der Waals surface area contributed by atoms with E-state index >= 15 is 0 Å². The average Bonchev–Trinajstić information content (AvgIpc) is 2.78. The van der Waals surface area contributed by atoms with Crippen LogP contribution in [0, 0.1) is 6.92 Å². The molecule has 0 radical (unpaired) electrons. The number of pyridine rings is 1. The van der Waals surface area contributed by atoms with Gasteiger partial charge in [-0.25, -0.2) is 4.98 Å². The number of hydrogen-bond donors (Lipinski definition) is 1. The van der Waals surface area contributed by atoms with Crippen molar-refractivity contribution in [3.05, 3.63) is 28.2 Å². The molecule has 0 aliphatic carbocycles. The van der Waals surface area contributed by atoms with Gasteiger partial charge in [-0.1, -0.05) is 0 Å². The number of hydrogen-bond acceptors (Lipinski definition) is 6. The number of ether oxygens (including phenoxy) is 1. The summed E-state index contributed by atoms with van der Waals surface area (Å²) in [6.45, 7) is 5.26. The molecule has 2 heterocycles. The molecule has 0 aliphatic rings. The van der Waals surface area contributed by atoms with E-state index in [1.807, 2.05) is 38.5 Å². The summed E-state index contributed by atoms with van der Waals surface area (Å²) in [6.07, 6.45) is 0. The van der Waals surface area contributed by atoms with E-state index in [9.17, 15) is 0 Å². The Labute approximate surface area is 117 Å². The van der Waals surface area contributed by atoms with Crippen LogP contribution in [0.4, 0.5) is 11.5 Å². The Bertz CT molecular complexity index is 555. The second-order valence-corrected chi connectivity index (χ2v) is 5.15. The summed E-state index contributed by atoms with van der Waals surface area (Å²) in [5.74, 6) is 1.33. The van der Waals surface area contributed by atoms with Crippen LogP contribution in [0.5, 0.6) is 5.88 Å². The zero-order valence-electron chi connectivity index (χ0n) is 11.4. The third-order valence-electron chi connectivity index (χ3n) is 2.77. The molecule has 2 aromatic heterocycles. The smallest absolute Gasteiger partial charge is 0.239 e. The largest absolute Gasteiger partial charge is 0.476 e. The maximum absolute atomic E-state index is 5.82. The number of aromatic nitrogens is 2. The molecule has 2 rings (SSSR count). The van der Waals surface area contributed by atoms with Crippen molar-refractivity contribution >= 4 is 22.8 Å². The Morgan fingerprint density at radius 2 is 2.21 bits per heavy atom. The van der Waals surface area contributed by atoms with Gasteiger partial charge in [0.15, 0.2) is 0 Å². The lowest BCUT2D eigenvalue weighted by atomic mass is 10.3. The Kier molecular flexibility index (Phi) is 4.21. The van der Waals surface area contributed by atoms with E-state index in [2.05, 4.69) is 14.9 Å². The number of nitrogens with zero attached hydrogens (tertiary/aromatic N) is 3. The second kappa shape index (κ2) is 5.88. The van der Waals surface area contributed by atoms with Crippen LogP contribution < -0.4 is 15.4 Å². The predicted octanol–water partition coefficient (Wildman–Crippen LogP) is 2.46. The van der Waals surface area contributed by atoms with Gasteiger partial charge in [0.2, 0.25) is 5.88 Å². The fourth-order valence-corrected chi connectivity index (χ4v) is 2.51. The van der Waals surface area contributed by atoms with Crippen LogP contribution in [0.15, 0.2) is 17.6 Å². The third-order valence-corrected chi connectivity index (χ3v) is 3.69. The molecule has 102 valence electrons. The normalized spacial score (nSPS) is 10.5.